The Bertz CT molecular complexity index is 1540. The summed E-state index contributed by atoms with van der Waals surface area (Å²) in [6.45, 7) is 3.10. The van der Waals surface area contributed by atoms with Gasteiger partial charge in [-0.3, -0.25) is 0 Å². The minimum atomic E-state index is -2.86. The number of aryl methyl sites for hydroxylation is 2. The fourth-order valence-electron chi connectivity index (χ4n) is 6.03. The number of unbranched alkanes of at least 4 members (excludes halogenated alkanes) is 11. The van der Waals surface area contributed by atoms with Crippen LogP contribution in [0.3, 0.4) is 0 Å². The summed E-state index contributed by atoms with van der Waals surface area (Å²) in [5, 5.41) is 0.919. The predicted molar refractivity (Wildman–Crippen MR) is 233 cm³/mol. The Hall–Kier alpha value is -3.39. The molecule has 0 fully saturated rings. The summed E-state index contributed by atoms with van der Waals surface area (Å²) in [6, 6.07) is 27.0. The van der Waals surface area contributed by atoms with Crippen molar-refractivity contribution in [1.29, 1.82) is 0 Å². The molecule has 1 atom stereocenters. The molecule has 3 rings (SSSR count). The van der Waals surface area contributed by atoms with Gasteiger partial charge in [0, 0.05) is 0 Å². The highest BCUT2D eigenvalue weighted by atomic mass is 32.5. The van der Waals surface area contributed by atoms with Crippen molar-refractivity contribution in [2.24, 2.45) is 0 Å². The van der Waals surface area contributed by atoms with E-state index in [1.165, 1.54) is 101 Å². The van der Waals surface area contributed by atoms with Crippen molar-refractivity contribution in [3.8, 4) is 11.5 Å². The second-order valence-corrected chi connectivity index (χ2v) is 16.9. The van der Waals surface area contributed by atoms with E-state index in [0.717, 1.165) is 48.9 Å². The minimum Gasteiger partial charge on any atom is -0.432 e. The van der Waals surface area contributed by atoms with Crippen molar-refractivity contribution in [3.63, 3.8) is 0 Å². The largest absolute Gasteiger partial charge is 0.432 e. The Kier molecular flexibility index (Phi) is 23.3. The molecule has 280 valence electrons. The van der Waals surface area contributed by atoms with Gasteiger partial charge in [0.1, 0.15) is 11.5 Å². The SMILES string of the molecule is C=CC/C=C/C/C=C/CCCCCCCc1cccc(OP(=S)(Oc2cccc(CCCCCCC/C=C/C/C=C/CCC)c2)c2ccccc2)c1. The molecule has 0 spiro atoms. The van der Waals surface area contributed by atoms with E-state index in [9.17, 15) is 0 Å². The van der Waals surface area contributed by atoms with Crippen molar-refractivity contribution >= 4 is 23.6 Å². The lowest BCUT2D eigenvalue weighted by molar-refractivity contribution is 0.497. The van der Waals surface area contributed by atoms with E-state index in [4.69, 9.17) is 20.9 Å². The molecule has 0 aliphatic carbocycles. The smallest absolute Gasteiger partial charge is 0.319 e. The second-order valence-electron chi connectivity index (χ2n) is 13.6. The summed E-state index contributed by atoms with van der Waals surface area (Å²) >= 11 is 6.26. The third-order valence-corrected chi connectivity index (χ3v) is 11.9. The number of allylic oxidation sites excluding steroid dienone is 9. The fraction of sp³-hybridized carbons (Fsp3) is 0.417. The average molecular weight is 737 g/mol. The summed E-state index contributed by atoms with van der Waals surface area (Å²) in [6.07, 6.45) is 42.6. The van der Waals surface area contributed by atoms with Crippen LogP contribution in [0.2, 0.25) is 0 Å². The molecule has 0 aromatic heterocycles. The van der Waals surface area contributed by atoms with Gasteiger partial charge in [0.05, 0.1) is 5.30 Å². The lowest BCUT2D eigenvalue weighted by Crippen LogP contribution is -2.14. The van der Waals surface area contributed by atoms with E-state index in [2.05, 4.69) is 98.5 Å². The maximum Gasteiger partial charge on any atom is 0.319 e. The Labute approximate surface area is 323 Å². The van der Waals surface area contributed by atoms with Gasteiger partial charge in [0.25, 0.3) is 0 Å². The number of rotatable bonds is 29. The molecule has 0 N–H and O–H groups in total. The lowest BCUT2D eigenvalue weighted by atomic mass is 10.0. The molecular weight excluding hydrogens is 672 g/mol. The van der Waals surface area contributed by atoms with E-state index in [0.29, 0.717) is 0 Å². The first kappa shape index (κ1) is 43.0. The summed E-state index contributed by atoms with van der Waals surface area (Å²) in [5.74, 6) is 1.57. The summed E-state index contributed by atoms with van der Waals surface area (Å²) in [7, 11) is 0. The van der Waals surface area contributed by atoms with Gasteiger partial charge in [-0.1, -0.05) is 149 Å². The molecule has 3 aromatic carbocycles. The molecular formula is C48H65O2PS. The molecule has 4 heteroatoms. The molecule has 0 amide bonds. The van der Waals surface area contributed by atoms with Crippen molar-refractivity contribution in [2.75, 3.05) is 0 Å². The zero-order valence-electron chi connectivity index (χ0n) is 32.0. The molecule has 52 heavy (non-hydrogen) atoms. The second kappa shape index (κ2) is 28.2. The van der Waals surface area contributed by atoms with Gasteiger partial charge in [0.15, 0.2) is 0 Å². The number of hydrogen-bond acceptors (Lipinski definition) is 3. The number of hydrogen-bond donors (Lipinski definition) is 0. The number of benzene rings is 3. The summed E-state index contributed by atoms with van der Waals surface area (Å²) in [5.41, 5.74) is 2.57. The molecule has 2 nitrogen and oxygen atoms in total. The quantitative estimate of drug-likeness (QED) is 0.0402. The van der Waals surface area contributed by atoms with Crippen LogP contribution in [0.4, 0.5) is 0 Å². The van der Waals surface area contributed by atoms with Crippen molar-refractivity contribution in [3.05, 3.63) is 151 Å². The average Bonchev–Trinajstić information content (AvgIpc) is 3.16. The van der Waals surface area contributed by atoms with Crippen LogP contribution in [0.1, 0.15) is 127 Å². The lowest BCUT2D eigenvalue weighted by Gasteiger charge is -2.24. The van der Waals surface area contributed by atoms with Crippen LogP contribution >= 0.6 is 6.49 Å². The van der Waals surface area contributed by atoms with E-state index in [1.54, 1.807) is 0 Å². The fourth-order valence-corrected chi connectivity index (χ4v) is 8.47. The Balaban J connectivity index is 1.43. The van der Waals surface area contributed by atoms with E-state index < -0.39 is 6.49 Å². The molecule has 0 radical (unpaired) electrons. The van der Waals surface area contributed by atoms with Crippen molar-refractivity contribution in [2.45, 2.75) is 129 Å². The first-order valence-electron chi connectivity index (χ1n) is 20.1. The maximum absolute atomic E-state index is 6.66. The van der Waals surface area contributed by atoms with Gasteiger partial charge < -0.3 is 9.05 Å². The topological polar surface area (TPSA) is 18.5 Å². The molecule has 1 unspecified atom stereocenters. The highest BCUT2D eigenvalue weighted by Gasteiger charge is 2.26. The van der Waals surface area contributed by atoms with Crippen LogP contribution in [0.5, 0.6) is 11.5 Å². The molecule has 3 aromatic rings. The van der Waals surface area contributed by atoms with Crippen LogP contribution in [-0.2, 0) is 24.6 Å². The van der Waals surface area contributed by atoms with Crippen LogP contribution in [0, 0.1) is 0 Å². The van der Waals surface area contributed by atoms with Gasteiger partial charge in [-0.15, -0.1) is 6.58 Å². The van der Waals surface area contributed by atoms with E-state index in [1.807, 2.05) is 48.5 Å². The molecule has 0 aliphatic rings. The van der Waals surface area contributed by atoms with Gasteiger partial charge in [-0.2, -0.15) is 0 Å². The molecule has 0 saturated heterocycles. The molecule has 0 bridgehead atoms. The third-order valence-electron chi connectivity index (χ3n) is 8.96. The van der Waals surface area contributed by atoms with Crippen LogP contribution in [-0.4, -0.2) is 0 Å². The highest BCUT2D eigenvalue weighted by Crippen LogP contribution is 2.48. The van der Waals surface area contributed by atoms with Crippen molar-refractivity contribution in [1.82, 2.24) is 0 Å². The van der Waals surface area contributed by atoms with Gasteiger partial charge >= 0.3 is 6.49 Å². The minimum absolute atomic E-state index is 0.784. The Morgan fingerprint density at radius 3 is 1.50 bits per heavy atom. The normalized spacial score (nSPS) is 13.0. The van der Waals surface area contributed by atoms with Gasteiger partial charge in [-0.05, 0) is 136 Å². The molecule has 0 heterocycles. The monoisotopic (exact) mass is 736 g/mol. The van der Waals surface area contributed by atoms with Crippen molar-refractivity contribution < 1.29 is 9.05 Å². The maximum atomic E-state index is 6.66. The zero-order chi connectivity index (χ0) is 36.8. The van der Waals surface area contributed by atoms with E-state index in [-0.39, 0.29) is 0 Å². The Morgan fingerprint density at radius 1 is 0.519 bits per heavy atom. The van der Waals surface area contributed by atoms with Crippen LogP contribution in [0.15, 0.2) is 140 Å². The summed E-state index contributed by atoms with van der Waals surface area (Å²) < 4.78 is 13.3. The first-order chi connectivity index (χ1) is 25.6. The molecule has 0 aliphatic heterocycles. The van der Waals surface area contributed by atoms with Crippen LogP contribution in [0.25, 0.3) is 0 Å². The standard InChI is InChI=1S/C48H65O2PS/c1-3-5-7-9-11-13-15-17-19-21-23-25-28-34-44-36-32-38-46(42-44)49-51(52,48-40-30-27-31-41-48)50-47-39-33-37-45(43-47)35-29-26-24-22-20-18-16-14-12-10-8-6-4-2/h3,7-10,13-16,27,30-33,36-43H,1,4-6,11-12,17-26,28-29,34-35H2,2H3/b9-7+,10-8+,15-13+,16-14+. The van der Waals surface area contributed by atoms with Gasteiger partial charge in [-0.25, -0.2) is 0 Å². The third kappa shape index (κ3) is 19.4. The van der Waals surface area contributed by atoms with E-state index >= 15 is 0 Å². The highest BCUT2D eigenvalue weighted by molar-refractivity contribution is 8.13. The van der Waals surface area contributed by atoms with Crippen LogP contribution < -0.4 is 14.4 Å². The predicted octanol–water partition coefficient (Wildman–Crippen LogP) is 14.9. The Morgan fingerprint density at radius 2 is 0.981 bits per heavy atom. The first-order valence-corrected chi connectivity index (χ1v) is 22.7. The zero-order valence-corrected chi connectivity index (χ0v) is 33.7. The summed E-state index contributed by atoms with van der Waals surface area (Å²) in [4.78, 5) is 0. The van der Waals surface area contributed by atoms with Gasteiger partial charge in [0.2, 0.25) is 0 Å². The molecule has 0 saturated carbocycles.